The number of rotatable bonds is 5. The summed E-state index contributed by atoms with van der Waals surface area (Å²) >= 11 is 0. The van der Waals surface area contributed by atoms with Crippen LogP contribution in [0, 0.1) is 0 Å². The number of nitrogens with zero attached hydrogens (tertiary/aromatic N) is 2. The highest BCUT2D eigenvalue weighted by atomic mass is 16.5. The summed E-state index contributed by atoms with van der Waals surface area (Å²) in [5.41, 5.74) is 2.37. The lowest BCUT2D eigenvalue weighted by Crippen LogP contribution is -2.12. The number of aromatic nitrogens is 2. The first kappa shape index (κ1) is 18.3. The van der Waals surface area contributed by atoms with Gasteiger partial charge in [-0.3, -0.25) is 9.78 Å². The van der Waals surface area contributed by atoms with Gasteiger partial charge in [-0.15, -0.1) is 0 Å². The first-order chi connectivity index (χ1) is 14.1. The van der Waals surface area contributed by atoms with Crippen molar-refractivity contribution in [1.29, 1.82) is 0 Å². The van der Waals surface area contributed by atoms with Gasteiger partial charge in [0.05, 0.1) is 26.0 Å². The Balaban J connectivity index is 1.57. The number of anilines is 1. The Bertz CT molecular complexity index is 1170. The Kier molecular flexibility index (Phi) is 4.74. The van der Waals surface area contributed by atoms with Crippen molar-refractivity contribution < 1.29 is 23.8 Å². The summed E-state index contributed by atoms with van der Waals surface area (Å²) in [6.07, 6.45) is 3.18. The zero-order valence-corrected chi connectivity index (χ0v) is 15.7. The highest BCUT2D eigenvalue weighted by Gasteiger charge is 2.15. The molecule has 0 aliphatic heterocycles. The van der Waals surface area contributed by atoms with E-state index in [0.29, 0.717) is 39.4 Å². The number of oxazole rings is 1. The number of ether oxygens (including phenoxy) is 2. The zero-order valence-electron chi connectivity index (χ0n) is 15.7. The molecule has 2 aromatic heterocycles. The molecule has 0 aliphatic carbocycles. The van der Waals surface area contributed by atoms with Gasteiger partial charge in [0, 0.05) is 29.6 Å². The van der Waals surface area contributed by atoms with Crippen molar-refractivity contribution in [3.63, 3.8) is 0 Å². The molecule has 2 aromatic carbocycles. The molecule has 0 aliphatic rings. The molecule has 8 nitrogen and oxygen atoms in total. The average molecular weight is 391 g/mol. The van der Waals surface area contributed by atoms with Crippen molar-refractivity contribution in [2.24, 2.45) is 0 Å². The van der Waals surface area contributed by atoms with Crippen LogP contribution in [-0.4, -0.2) is 35.2 Å². The van der Waals surface area contributed by atoms with Crippen LogP contribution in [0.3, 0.4) is 0 Å². The van der Waals surface area contributed by atoms with E-state index in [2.05, 4.69) is 15.3 Å². The molecule has 0 unspecified atom stereocenters. The molecule has 0 fully saturated rings. The van der Waals surface area contributed by atoms with Crippen molar-refractivity contribution >= 4 is 22.7 Å². The molecule has 8 heteroatoms. The number of phenolic OH excluding ortho intramolecular Hbond substituents is 1. The van der Waals surface area contributed by atoms with Crippen molar-refractivity contribution in [3.8, 4) is 28.7 Å². The number of carbonyl (C=O) groups excluding carboxylic acids is 1. The lowest BCUT2D eigenvalue weighted by Gasteiger charge is -2.10. The van der Waals surface area contributed by atoms with Crippen LogP contribution in [0.2, 0.25) is 0 Å². The molecule has 29 heavy (non-hydrogen) atoms. The molecule has 2 heterocycles. The van der Waals surface area contributed by atoms with Crippen LogP contribution in [0.4, 0.5) is 5.69 Å². The third-order valence-corrected chi connectivity index (χ3v) is 4.32. The van der Waals surface area contributed by atoms with E-state index >= 15 is 0 Å². The Morgan fingerprint density at radius 2 is 1.90 bits per heavy atom. The standard InChI is InChI=1S/C21H17N3O5/c1-27-18-6-3-12(9-19(18)28-2)20(26)23-13-4-5-14(16(25)10-13)21-24-15-11-22-8-7-17(15)29-21/h3-11,25H,1-2H3,(H,23,26). The zero-order chi connectivity index (χ0) is 20.4. The van der Waals surface area contributed by atoms with Crippen LogP contribution >= 0.6 is 0 Å². The number of hydrogen-bond acceptors (Lipinski definition) is 7. The van der Waals surface area contributed by atoms with Crippen molar-refractivity contribution in [2.45, 2.75) is 0 Å². The van der Waals surface area contributed by atoms with Gasteiger partial charge >= 0.3 is 0 Å². The SMILES string of the molecule is COc1ccc(C(=O)Nc2ccc(-c3nc4cnccc4o3)c(O)c2)cc1OC. The number of phenols is 1. The van der Waals surface area contributed by atoms with E-state index in [-0.39, 0.29) is 17.5 Å². The second-order valence-corrected chi connectivity index (χ2v) is 6.12. The average Bonchev–Trinajstić information content (AvgIpc) is 3.17. The van der Waals surface area contributed by atoms with Gasteiger partial charge in [0.25, 0.3) is 5.91 Å². The van der Waals surface area contributed by atoms with Crippen LogP contribution in [0.1, 0.15) is 10.4 Å². The second-order valence-electron chi connectivity index (χ2n) is 6.12. The maximum atomic E-state index is 12.5. The Labute approximate surface area is 165 Å². The second kappa shape index (κ2) is 7.51. The van der Waals surface area contributed by atoms with Gasteiger partial charge in [0.1, 0.15) is 11.3 Å². The molecule has 2 N–H and O–H groups in total. The molecular formula is C21H17N3O5. The Morgan fingerprint density at radius 1 is 1.07 bits per heavy atom. The first-order valence-corrected chi connectivity index (χ1v) is 8.66. The highest BCUT2D eigenvalue weighted by molar-refractivity contribution is 6.05. The van der Waals surface area contributed by atoms with Gasteiger partial charge in [0.15, 0.2) is 17.1 Å². The maximum absolute atomic E-state index is 12.5. The summed E-state index contributed by atoms with van der Waals surface area (Å²) in [5, 5.41) is 13.1. The minimum atomic E-state index is -0.356. The summed E-state index contributed by atoms with van der Waals surface area (Å²) < 4.78 is 16.0. The number of aromatic hydroxyl groups is 1. The van der Waals surface area contributed by atoms with Crippen LogP contribution < -0.4 is 14.8 Å². The van der Waals surface area contributed by atoms with E-state index < -0.39 is 0 Å². The fourth-order valence-corrected chi connectivity index (χ4v) is 2.87. The molecule has 0 spiro atoms. The number of amides is 1. The van der Waals surface area contributed by atoms with E-state index in [1.54, 1.807) is 48.8 Å². The maximum Gasteiger partial charge on any atom is 0.255 e. The van der Waals surface area contributed by atoms with E-state index in [1.807, 2.05) is 0 Å². The number of benzene rings is 2. The third-order valence-electron chi connectivity index (χ3n) is 4.32. The molecule has 4 rings (SSSR count). The van der Waals surface area contributed by atoms with Crippen molar-refractivity contribution in [1.82, 2.24) is 9.97 Å². The van der Waals surface area contributed by atoms with Gasteiger partial charge < -0.3 is 24.3 Å². The number of hydrogen-bond donors (Lipinski definition) is 2. The van der Waals surface area contributed by atoms with Crippen LogP contribution in [-0.2, 0) is 0 Å². The Morgan fingerprint density at radius 3 is 2.62 bits per heavy atom. The molecule has 0 saturated carbocycles. The number of methoxy groups -OCH3 is 2. The van der Waals surface area contributed by atoms with E-state index in [1.165, 1.54) is 20.3 Å². The molecular weight excluding hydrogens is 374 g/mol. The predicted octanol–water partition coefficient (Wildman–Crippen LogP) is 3.86. The normalized spacial score (nSPS) is 10.7. The summed E-state index contributed by atoms with van der Waals surface area (Å²) in [5.74, 6) is 0.812. The smallest absolute Gasteiger partial charge is 0.255 e. The van der Waals surface area contributed by atoms with Gasteiger partial charge in [-0.2, -0.15) is 0 Å². The number of pyridine rings is 1. The van der Waals surface area contributed by atoms with Crippen molar-refractivity contribution in [2.75, 3.05) is 19.5 Å². The summed E-state index contributed by atoms with van der Waals surface area (Å²) in [6.45, 7) is 0. The third kappa shape index (κ3) is 3.55. The molecule has 0 bridgehead atoms. The molecule has 0 atom stereocenters. The fourth-order valence-electron chi connectivity index (χ4n) is 2.87. The lowest BCUT2D eigenvalue weighted by atomic mass is 10.1. The Hall–Kier alpha value is -4.07. The predicted molar refractivity (Wildman–Crippen MR) is 106 cm³/mol. The van der Waals surface area contributed by atoms with Gasteiger partial charge in [-0.25, -0.2) is 4.98 Å². The molecule has 0 saturated heterocycles. The largest absolute Gasteiger partial charge is 0.507 e. The monoisotopic (exact) mass is 391 g/mol. The van der Waals surface area contributed by atoms with Crippen LogP contribution in [0.15, 0.2) is 59.3 Å². The highest BCUT2D eigenvalue weighted by Crippen LogP contribution is 2.33. The van der Waals surface area contributed by atoms with Gasteiger partial charge in [0.2, 0.25) is 5.89 Å². The van der Waals surface area contributed by atoms with E-state index in [0.717, 1.165) is 0 Å². The molecule has 4 aromatic rings. The minimum absolute atomic E-state index is 0.0744. The molecule has 0 radical (unpaired) electrons. The van der Waals surface area contributed by atoms with Gasteiger partial charge in [-0.1, -0.05) is 0 Å². The number of carbonyl (C=O) groups is 1. The summed E-state index contributed by atoms with van der Waals surface area (Å²) in [4.78, 5) is 20.8. The van der Waals surface area contributed by atoms with E-state index in [9.17, 15) is 9.90 Å². The van der Waals surface area contributed by atoms with Crippen LogP contribution in [0.25, 0.3) is 22.6 Å². The lowest BCUT2D eigenvalue weighted by molar-refractivity contribution is 0.102. The topological polar surface area (TPSA) is 107 Å². The molecule has 146 valence electrons. The van der Waals surface area contributed by atoms with Crippen molar-refractivity contribution in [3.05, 3.63) is 60.4 Å². The quantitative estimate of drug-likeness (QED) is 0.532. The summed E-state index contributed by atoms with van der Waals surface area (Å²) in [6, 6.07) is 11.3. The van der Waals surface area contributed by atoms with Gasteiger partial charge in [-0.05, 0) is 30.3 Å². The molecule has 1 amide bonds. The summed E-state index contributed by atoms with van der Waals surface area (Å²) in [7, 11) is 3.02. The number of fused-ring (bicyclic) bond motifs is 1. The fraction of sp³-hybridized carbons (Fsp3) is 0.0952. The minimum Gasteiger partial charge on any atom is -0.507 e. The van der Waals surface area contributed by atoms with E-state index in [4.69, 9.17) is 13.9 Å². The number of nitrogens with one attached hydrogen (secondary N) is 1. The van der Waals surface area contributed by atoms with Crippen LogP contribution in [0.5, 0.6) is 17.2 Å². The first-order valence-electron chi connectivity index (χ1n) is 8.66.